The SMILES string of the molecule is O=C(Nc1ccc(OCc2ccccc2)cc1)C1CCc2ncsc2C1. The van der Waals surface area contributed by atoms with E-state index in [-0.39, 0.29) is 11.8 Å². The molecule has 0 radical (unpaired) electrons. The van der Waals surface area contributed by atoms with E-state index in [0.717, 1.165) is 36.3 Å². The van der Waals surface area contributed by atoms with Gasteiger partial charge in [0.1, 0.15) is 12.4 Å². The minimum absolute atomic E-state index is 0.0250. The zero-order chi connectivity index (χ0) is 17.8. The minimum Gasteiger partial charge on any atom is -0.489 e. The van der Waals surface area contributed by atoms with E-state index >= 15 is 0 Å². The summed E-state index contributed by atoms with van der Waals surface area (Å²) in [6.07, 6.45) is 2.55. The van der Waals surface area contributed by atoms with Crippen molar-refractivity contribution in [2.75, 3.05) is 5.32 Å². The summed E-state index contributed by atoms with van der Waals surface area (Å²) in [6.45, 7) is 0.534. The van der Waals surface area contributed by atoms with Crippen LogP contribution in [0.3, 0.4) is 0 Å². The number of carbonyl (C=O) groups is 1. The van der Waals surface area contributed by atoms with Crippen LogP contribution in [-0.2, 0) is 24.2 Å². The number of fused-ring (bicyclic) bond motifs is 1. The summed E-state index contributed by atoms with van der Waals surface area (Å²) in [6, 6.07) is 17.6. The average Bonchev–Trinajstić information content (AvgIpc) is 3.16. The third kappa shape index (κ3) is 3.94. The van der Waals surface area contributed by atoms with Crippen LogP contribution >= 0.6 is 11.3 Å². The molecular weight excluding hydrogens is 344 g/mol. The summed E-state index contributed by atoms with van der Waals surface area (Å²) in [5.41, 5.74) is 4.97. The summed E-state index contributed by atoms with van der Waals surface area (Å²) >= 11 is 1.65. The molecule has 0 bridgehead atoms. The van der Waals surface area contributed by atoms with Crippen LogP contribution in [0.4, 0.5) is 5.69 Å². The number of nitrogens with one attached hydrogen (secondary N) is 1. The lowest BCUT2D eigenvalue weighted by molar-refractivity contribution is -0.120. The first-order valence-corrected chi connectivity index (χ1v) is 9.65. The standard InChI is InChI=1S/C21H20N2O2S/c24-21(16-6-11-19-20(12-16)26-14-22-19)23-17-7-9-18(10-8-17)25-13-15-4-2-1-3-5-15/h1-5,7-10,14,16H,6,11-13H2,(H,23,24). The number of carbonyl (C=O) groups excluding carboxylic acids is 1. The number of nitrogens with zero attached hydrogens (tertiary/aromatic N) is 1. The zero-order valence-electron chi connectivity index (χ0n) is 14.4. The van der Waals surface area contributed by atoms with Gasteiger partial charge in [0.05, 0.1) is 11.2 Å². The molecule has 3 aromatic rings. The molecule has 1 N–H and O–H groups in total. The minimum atomic E-state index is 0.0250. The molecule has 1 aliphatic carbocycles. The summed E-state index contributed by atoms with van der Waals surface area (Å²) in [5.74, 6) is 0.901. The van der Waals surface area contributed by atoms with Gasteiger partial charge in [-0.15, -0.1) is 11.3 Å². The number of benzene rings is 2. The fourth-order valence-corrected chi connectivity index (χ4v) is 4.04. The molecule has 0 saturated carbocycles. The highest BCUT2D eigenvalue weighted by molar-refractivity contribution is 7.09. The highest BCUT2D eigenvalue weighted by atomic mass is 32.1. The number of amides is 1. The Bertz CT molecular complexity index is 875. The van der Waals surface area contributed by atoms with Gasteiger partial charge in [0.2, 0.25) is 5.91 Å². The average molecular weight is 364 g/mol. The van der Waals surface area contributed by atoms with Crippen molar-refractivity contribution < 1.29 is 9.53 Å². The van der Waals surface area contributed by atoms with Crippen LogP contribution in [0, 0.1) is 5.92 Å². The molecular formula is C21H20N2O2S. The van der Waals surface area contributed by atoms with E-state index in [0.29, 0.717) is 6.61 Å². The van der Waals surface area contributed by atoms with E-state index in [1.165, 1.54) is 10.6 Å². The predicted octanol–water partition coefficient (Wildman–Crippen LogP) is 4.47. The lowest BCUT2D eigenvalue weighted by Crippen LogP contribution is -2.27. The molecule has 0 aliphatic heterocycles. The Labute approximate surface area is 156 Å². The molecule has 132 valence electrons. The van der Waals surface area contributed by atoms with E-state index in [9.17, 15) is 4.79 Å². The second-order valence-electron chi connectivity index (χ2n) is 6.45. The van der Waals surface area contributed by atoms with Crippen molar-refractivity contribution in [3.05, 3.63) is 76.2 Å². The van der Waals surface area contributed by atoms with Gasteiger partial charge in [0, 0.05) is 16.5 Å². The van der Waals surface area contributed by atoms with Crippen molar-refractivity contribution in [2.45, 2.75) is 25.9 Å². The Morgan fingerprint density at radius 1 is 1.15 bits per heavy atom. The maximum atomic E-state index is 12.5. The maximum Gasteiger partial charge on any atom is 0.227 e. The van der Waals surface area contributed by atoms with Crippen LogP contribution in [0.2, 0.25) is 0 Å². The molecule has 0 saturated heterocycles. The summed E-state index contributed by atoms with van der Waals surface area (Å²) in [5, 5.41) is 3.03. The van der Waals surface area contributed by atoms with Gasteiger partial charge in [-0.3, -0.25) is 4.79 Å². The molecule has 4 nitrogen and oxygen atoms in total. The number of aromatic nitrogens is 1. The van der Waals surface area contributed by atoms with Crippen molar-refractivity contribution in [1.29, 1.82) is 0 Å². The zero-order valence-corrected chi connectivity index (χ0v) is 15.2. The normalized spacial score (nSPS) is 15.9. The van der Waals surface area contributed by atoms with Gasteiger partial charge in [-0.25, -0.2) is 4.98 Å². The predicted molar refractivity (Wildman–Crippen MR) is 103 cm³/mol. The first kappa shape index (κ1) is 16.8. The lowest BCUT2D eigenvalue weighted by Gasteiger charge is -2.20. The van der Waals surface area contributed by atoms with Gasteiger partial charge in [-0.1, -0.05) is 30.3 Å². The maximum absolute atomic E-state index is 12.5. The van der Waals surface area contributed by atoms with E-state index in [1.54, 1.807) is 11.3 Å². The molecule has 1 aromatic heterocycles. The fraction of sp³-hybridized carbons (Fsp3) is 0.238. The van der Waals surface area contributed by atoms with E-state index in [2.05, 4.69) is 10.3 Å². The molecule has 0 spiro atoms. The number of aryl methyl sites for hydroxylation is 1. The second-order valence-corrected chi connectivity index (χ2v) is 7.39. The Morgan fingerprint density at radius 3 is 2.77 bits per heavy atom. The molecule has 4 rings (SSSR count). The van der Waals surface area contributed by atoms with Crippen molar-refractivity contribution >= 4 is 22.9 Å². The van der Waals surface area contributed by atoms with Gasteiger partial charge in [-0.2, -0.15) is 0 Å². The van der Waals surface area contributed by atoms with Crippen molar-refractivity contribution in [3.63, 3.8) is 0 Å². The quantitative estimate of drug-likeness (QED) is 0.727. The largest absolute Gasteiger partial charge is 0.489 e. The molecule has 1 heterocycles. The van der Waals surface area contributed by atoms with E-state index < -0.39 is 0 Å². The molecule has 1 unspecified atom stereocenters. The Kier molecular flexibility index (Phi) is 4.97. The summed E-state index contributed by atoms with van der Waals surface area (Å²) in [4.78, 5) is 18.1. The molecule has 2 aromatic carbocycles. The van der Waals surface area contributed by atoms with Gasteiger partial charge >= 0.3 is 0 Å². The number of rotatable bonds is 5. The topological polar surface area (TPSA) is 51.2 Å². The first-order valence-electron chi connectivity index (χ1n) is 8.77. The van der Waals surface area contributed by atoms with Crippen LogP contribution in [0.1, 0.15) is 22.6 Å². The molecule has 1 aliphatic rings. The molecule has 0 fully saturated rings. The van der Waals surface area contributed by atoms with E-state index in [1.807, 2.05) is 60.1 Å². The molecule has 5 heteroatoms. The second kappa shape index (κ2) is 7.70. The first-order chi connectivity index (χ1) is 12.8. The highest BCUT2D eigenvalue weighted by Crippen LogP contribution is 2.28. The van der Waals surface area contributed by atoms with Crippen molar-refractivity contribution in [1.82, 2.24) is 4.98 Å². The van der Waals surface area contributed by atoms with Gasteiger partial charge < -0.3 is 10.1 Å². The summed E-state index contributed by atoms with van der Waals surface area (Å²) in [7, 11) is 0. The van der Waals surface area contributed by atoms with E-state index in [4.69, 9.17) is 4.74 Å². The third-order valence-corrected chi connectivity index (χ3v) is 5.53. The van der Waals surface area contributed by atoms with Crippen LogP contribution in [-0.4, -0.2) is 10.9 Å². The number of hydrogen-bond acceptors (Lipinski definition) is 4. The van der Waals surface area contributed by atoms with Gasteiger partial charge in [-0.05, 0) is 49.1 Å². The van der Waals surface area contributed by atoms with Gasteiger partial charge in [0.25, 0.3) is 0 Å². The smallest absolute Gasteiger partial charge is 0.227 e. The third-order valence-electron chi connectivity index (χ3n) is 4.63. The monoisotopic (exact) mass is 364 g/mol. The summed E-state index contributed by atoms with van der Waals surface area (Å²) < 4.78 is 5.78. The molecule has 26 heavy (non-hydrogen) atoms. The lowest BCUT2D eigenvalue weighted by atomic mass is 9.90. The van der Waals surface area contributed by atoms with Crippen LogP contribution in [0.5, 0.6) is 5.75 Å². The number of hydrogen-bond donors (Lipinski definition) is 1. The number of ether oxygens (including phenoxy) is 1. The molecule has 1 atom stereocenters. The van der Waals surface area contributed by atoms with Crippen LogP contribution in [0.15, 0.2) is 60.1 Å². The van der Waals surface area contributed by atoms with Crippen molar-refractivity contribution in [2.24, 2.45) is 5.92 Å². The fourth-order valence-electron chi connectivity index (χ4n) is 3.14. The van der Waals surface area contributed by atoms with Crippen LogP contribution < -0.4 is 10.1 Å². The Balaban J connectivity index is 1.32. The highest BCUT2D eigenvalue weighted by Gasteiger charge is 2.26. The van der Waals surface area contributed by atoms with Gasteiger partial charge in [0.15, 0.2) is 0 Å². The number of anilines is 1. The molecule has 1 amide bonds. The Hall–Kier alpha value is -2.66. The number of thiazole rings is 1. The van der Waals surface area contributed by atoms with Crippen LogP contribution in [0.25, 0.3) is 0 Å². The van der Waals surface area contributed by atoms with Crippen molar-refractivity contribution in [3.8, 4) is 5.75 Å². The Morgan fingerprint density at radius 2 is 1.96 bits per heavy atom.